The number of aromatic carboxylic acids is 1. The molecule has 0 amide bonds. The number of carbonyl (C=O) groups is 1. The topological polar surface area (TPSA) is 91.0 Å². The molecule has 1 aromatic carbocycles. The quantitative estimate of drug-likeness (QED) is 0.293. The Bertz CT molecular complexity index is 1480. The summed E-state index contributed by atoms with van der Waals surface area (Å²) in [6.07, 6.45) is 9.41. The van der Waals surface area contributed by atoms with Crippen molar-refractivity contribution >= 4 is 28.5 Å². The molecule has 2 aliphatic rings. The van der Waals surface area contributed by atoms with Crippen LogP contribution in [0.15, 0.2) is 60.4 Å². The summed E-state index contributed by atoms with van der Waals surface area (Å²) < 4.78 is 1.76. The molecule has 39 heavy (non-hydrogen) atoms. The average Bonchev–Trinajstić information content (AvgIpc) is 3.59. The maximum Gasteiger partial charge on any atom is 0.346 e. The normalized spacial score (nSPS) is 20.6. The standard InChI is InChI=1S/C31H34N4O3S/c1-20-3-5-21(6-4-20)24-11-14-34(15-16-36)19-26(24)25-17-28(39-30(25)31(37)38)23-9-7-22(8-10-23)27-18-29-32-12-2-13-35(29)33-27/h2,7-10,12-13,17-18,20-21,36H,3-6,11,14-16,19H2,1H3,(H,37,38). The Labute approximate surface area is 232 Å². The third-order valence-electron chi connectivity index (χ3n) is 8.34. The Balaban J connectivity index is 1.36. The molecule has 4 aromatic rings. The molecule has 8 heteroatoms. The van der Waals surface area contributed by atoms with E-state index < -0.39 is 5.97 Å². The zero-order valence-corrected chi connectivity index (χ0v) is 23.0. The van der Waals surface area contributed by atoms with Crippen molar-refractivity contribution in [3.05, 3.63) is 70.9 Å². The number of thiophene rings is 1. The Morgan fingerprint density at radius 3 is 2.59 bits per heavy atom. The van der Waals surface area contributed by atoms with Crippen LogP contribution in [0.5, 0.6) is 0 Å². The predicted octanol–water partition coefficient (Wildman–Crippen LogP) is 6.10. The van der Waals surface area contributed by atoms with Gasteiger partial charge in [0.05, 0.1) is 12.3 Å². The van der Waals surface area contributed by atoms with Gasteiger partial charge in [0.15, 0.2) is 5.65 Å². The SMILES string of the molecule is CC1CCC(C2=C(c3cc(-c4ccc(-c5cc6ncccn6n5)cc4)sc3C(=O)O)CN(CCO)CC2)CC1. The first-order valence-corrected chi connectivity index (χ1v) is 14.7. The van der Waals surface area contributed by atoms with Crippen molar-refractivity contribution in [3.63, 3.8) is 0 Å². The van der Waals surface area contributed by atoms with Crippen LogP contribution >= 0.6 is 11.3 Å². The second kappa shape index (κ2) is 11.0. The molecule has 0 unspecified atom stereocenters. The molecule has 1 aliphatic carbocycles. The fraction of sp³-hybridized carbons (Fsp3) is 0.387. The van der Waals surface area contributed by atoms with E-state index in [0.29, 0.717) is 23.9 Å². The summed E-state index contributed by atoms with van der Waals surface area (Å²) in [4.78, 5) is 20.4. The van der Waals surface area contributed by atoms with Gasteiger partial charge in [-0.1, -0.05) is 49.6 Å². The van der Waals surface area contributed by atoms with E-state index in [9.17, 15) is 15.0 Å². The van der Waals surface area contributed by atoms with Gasteiger partial charge in [-0.15, -0.1) is 11.3 Å². The van der Waals surface area contributed by atoms with Crippen molar-refractivity contribution < 1.29 is 15.0 Å². The van der Waals surface area contributed by atoms with Gasteiger partial charge in [0.1, 0.15) is 4.88 Å². The van der Waals surface area contributed by atoms with Gasteiger partial charge in [0.25, 0.3) is 0 Å². The van der Waals surface area contributed by atoms with Crippen molar-refractivity contribution in [1.29, 1.82) is 0 Å². The van der Waals surface area contributed by atoms with Gasteiger partial charge in [0, 0.05) is 54.1 Å². The van der Waals surface area contributed by atoms with Crippen LogP contribution in [0, 0.1) is 11.8 Å². The lowest BCUT2D eigenvalue weighted by atomic mass is 9.75. The smallest absolute Gasteiger partial charge is 0.346 e. The highest BCUT2D eigenvalue weighted by atomic mass is 32.1. The van der Waals surface area contributed by atoms with Crippen LogP contribution in [0.25, 0.3) is 32.9 Å². The van der Waals surface area contributed by atoms with E-state index >= 15 is 0 Å². The van der Waals surface area contributed by atoms with Gasteiger partial charge in [-0.2, -0.15) is 5.10 Å². The van der Waals surface area contributed by atoms with Gasteiger partial charge in [0.2, 0.25) is 0 Å². The average molecular weight is 543 g/mol. The van der Waals surface area contributed by atoms with Crippen molar-refractivity contribution in [2.24, 2.45) is 11.8 Å². The molecule has 1 saturated carbocycles. The molecule has 7 nitrogen and oxygen atoms in total. The Hall–Kier alpha value is -3.33. The number of aliphatic hydroxyl groups excluding tert-OH is 1. The number of benzene rings is 1. The first kappa shape index (κ1) is 25.9. The van der Waals surface area contributed by atoms with Crippen LogP contribution in [-0.4, -0.2) is 61.9 Å². The second-order valence-corrected chi connectivity index (χ2v) is 12.0. The second-order valence-electron chi connectivity index (χ2n) is 10.9. The van der Waals surface area contributed by atoms with Gasteiger partial charge in [-0.3, -0.25) is 4.90 Å². The van der Waals surface area contributed by atoms with E-state index in [2.05, 4.69) is 28.0 Å². The fourth-order valence-electron chi connectivity index (χ4n) is 6.18. The first-order chi connectivity index (χ1) is 19.0. The predicted molar refractivity (Wildman–Crippen MR) is 155 cm³/mol. The molecule has 0 spiro atoms. The summed E-state index contributed by atoms with van der Waals surface area (Å²) in [7, 11) is 0. The number of carboxylic acids is 1. The molecular formula is C31H34N4O3S. The minimum atomic E-state index is -0.876. The fourth-order valence-corrected chi connectivity index (χ4v) is 7.21. The van der Waals surface area contributed by atoms with Crippen LogP contribution < -0.4 is 0 Å². The third kappa shape index (κ3) is 5.29. The Morgan fingerprint density at radius 1 is 1.10 bits per heavy atom. The molecule has 6 rings (SSSR count). The molecule has 2 N–H and O–H groups in total. The van der Waals surface area contributed by atoms with E-state index in [1.165, 1.54) is 48.2 Å². The minimum Gasteiger partial charge on any atom is -0.477 e. The highest BCUT2D eigenvalue weighted by molar-refractivity contribution is 7.17. The highest BCUT2D eigenvalue weighted by Crippen LogP contribution is 2.43. The molecule has 0 radical (unpaired) electrons. The number of hydrogen-bond acceptors (Lipinski definition) is 6. The highest BCUT2D eigenvalue weighted by Gasteiger charge is 2.31. The van der Waals surface area contributed by atoms with Crippen LogP contribution in [0.3, 0.4) is 0 Å². The lowest BCUT2D eigenvalue weighted by Crippen LogP contribution is -2.35. The first-order valence-electron chi connectivity index (χ1n) is 13.8. The summed E-state index contributed by atoms with van der Waals surface area (Å²) in [6.45, 7) is 4.67. The van der Waals surface area contributed by atoms with E-state index in [0.717, 1.165) is 51.8 Å². The van der Waals surface area contributed by atoms with Crippen LogP contribution in [-0.2, 0) is 0 Å². The van der Waals surface area contributed by atoms with Crippen molar-refractivity contribution in [2.75, 3.05) is 26.2 Å². The molecule has 1 aliphatic heterocycles. The van der Waals surface area contributed by atoms with E-state index in [1.807, 2.05) is 42.6 Å². The number of aromatic nitrogens is 3. The Morgan fingerprint density at radius 2 is 1.87 bits per heavy atom. The maximum atomic E-state index is 12.5. The number of β-amino-alcohol motifs (C(OH)–C–C–N with tert-alkyl or cyclic N) is 1. The summed E-state index contributed by atoms with van der Waals surface area (Å²) in [6, 6.07) is 14.1. The van der Waals surface area contributed by atoms with Crippen LogP contribution in [0.1, 0.15) is 54.3 Å². The molecule has 4 heterocycles. The summed E-state index contributed by atoms with van der Waals surface area (Å²) >= 11 is 1.35. The zero-order chi connectivity index (χ0) is 26.9. The van der Waals surface area contributed by atoms with E-state index in [1.54, 1.807) is 10.7 Å². The third-order valence-corrected chi connectivity index (χ3v) is 9.52. The van der Waals surface area contributed by atoms with Crippen molar-refractivity contribution in [2.45, 2.75) is 39.0 Å². The van der Waals surface area contributed by atoms with Gasteiger partial charge < -0.3 is 10.2 Å². The molecule has 3 aromatic heterocycles. The summed E-state index contributed by atoms with van der Waals surface area (Å²) in [5.74, 6) is 0.414. The molecule has 0 saturated heterocycles. The monoisotopic (exact) mass is 542 g/mol. The number of hydrogen-bond donors (Lipinski definition) is 2. The molecule has 202 valence electrons. The number of carboxylic acid groups (broad SMARTS) is 1. The lowest BCUT2D eigenvalue weighted by molar-refractivity contribution is 0.0701. The van der Waals surface area contributed by atoms with Crippen molar-refractivity contribution in [1.82, 2.24) is 19.5 Å². The van der Waals surface area contributed by atoms with Gasteiger partial charge >= 0.3 is 5.97 Å². The maximum absolute atomic E-state index is 12.5. The van der Waals surface area contributed by atoms with E-state index in [-0.39, 0.29) is 6.61 Å². The molecule has 0 bridgehead atoms. The number of fused-ring (bicyclic) bond motifs is 1. The van der Waals surface area contributed by atoms with Crippen LogP contribution in [0.2, 0.25) is 0 Å². The lowest BCUT2D eigenvalue weighted by Gasteiger charge is -2.36. The molecule has 0 atom stereocenters. The van der Waals surface area contributed by atoms with Gasteiger partial charge in [-0.25, -0.2) is 14.3 Å². The van der Waals surface area contributed by atoms with E-state index in [4.69, 9.17) is 0 Å². The summed E-state index contributed by atoms with van der Waals surface area (Å²) in [5.41, 5.74) is 7.10. The number of aliphatic hydroxyl groups is 1. The zero-order valence-electron chi connectivity index (χ0n) is 22.2. The van der Waals surface area contributed by atoms with Crippen LogP contribution in [0.4, 0.5) is 0 Å². The molecular weight excluding hydrogens is 508 g/mol. The van der Waals surface area contributed by atoms with Crippen molar-refractivity contribution in [3.8, 4) is 21.7 Å². The summed E-state index contributed by atoms with van der Waals surface area (Å²) in [5, 5.41) is 24.5. The molecule has 1 fully saturated rings. The number of rotatable bonds is 7. The minimum absolute atomic E-state index is 0.110. The largest absolute Gasteiger partial charge is 0.477 e. The Kier molecular flexibility index (Phi) is 7.34. The van der Waals surface area contributed by atoms with Gasteiger partial charge in [-0.05, 0) is 54.4 Å². The number of nitrogens with zero attached hydrogens (tertiary/aromatic N) is 4.